The smallest absolute Gasteiger partial charge is 0.230 e. The lowest BCUT2D eigenvalue weighted by molar-refractivity contribution is -0.123. The van der Waals surface area contributed by atoms with Gasteiger partial charge in [0.25, 0.3) is 0 Å². The van der Waals surface area contributed by atoms with Crippen molar-refractivity contribution in [1.82, 2.24) is 20.1 Å². The van der Waals surface area contributed by atoms with E-state index in [0.717, 1.165) is 17.8 Å². The van der Waals surface area contributed by atoms with Crippen molar-refractivity contribution in [1.29, 1.82) is 0 Å². The molecular formula is C23H29FN4OS. The molecule has 0 radical (unpaired) electrons. The summed E-state index contributed by atoms with van der Waals surface area (Å²) in [6.07, 6.45) is 8.07. The van der Waals surface area contributed by atoms with Crippen LogP contribution in [0.4, 0.5) is 4.39 Å². The lowest BCUT2D eigenvalue weighted by atomic mass is 9.48. The van der Waals surface area contributed by atoms with Gasteiger partial charge in [0.05, 0.1) is 11.3 Å². The second kappa shape index (κ2) is 7.66. The Bertz CT molecular complexity index is 923. The summed E-state index contributed by atoms with van der Waals surface area (Å²) in [5.74, 6) is 3.10. The zero-order valence-electron chi connectivity index (χ0n) is 17.6. The minimum Gasteiger partial charge on any atom is -0.352 e. The van der Waals surface area contributed by atoms with Crippen LogP contribution in [-0.4, -0.2) is 32.5 Å². The molecule has 4 saturated carbocycles. The van der Waals surface area contributed by atoms with Gasteiger partial charge < -0.3 is 9.88 Å². The molecule has 30 heavy (non-hydrogen) atoms. The van der Waals surface area contributed by atoms with Gasteiger partial charge in [0.1, 0.15) is 5.82 Å². The second-order valence-corrected chi connectivity index (χ2v) is 10.6. The van der Waals surface area contributed by atoms with Crippen LogP contribution in [0.15, 0.2) is 29.4 Å². The van der Waals surface area contributed by atoms with Gasteiger partial charge in [0, 0.05) is 13.1 Å². The van der Waals surface area contributed by atoms with Crippen molar-refractivity contribution in [2.75, 3.05) is 5.75 Å². The molecule has 1 aromatic heterocycles. The molecule has 2 aromatic rings. The van der Waals surface area contributed by atoms with Crippen molar-refractivity contribution in [2.45, 2.75) is 56.6 Å². The highest BCUT2D eigenvalue weighted by atomic mass is 32.2. The Morgan fingerprint density at radius 3 is 2.47 bits per heavy atom. The first-order valence-electron chi connectivity index (χ1n) is 11.0. The highest BCUT2D eigenvalue weighted by Crippen LogP contribution is 2.61. The maximum absolute atomic E-state index is 14.1. The monoisotopic (exact) mass is 428 g/mol. The largest absolute Gasteiger partial charge is 0.352 e. The average molecular weight is 429 g/mol. The van der Waals surface area contributed by atoms with Gasteiger partial charge in [-0.3, -0.25) is 4.79 Å². The molecule has 4 aliphatic rings. The van der Waals surface area contributed by atoms with E-state index < -0.39 is 0 Å². The van der Waals surface area contributed by atoms with Crippen LogP contribution in [0, 0.1) is 29.0 Å². The fourth-order valence-electron chi connectivity index (χ4n) is 6.59. The van der Waals surface area contributed by atoms with Crippen LogP contribution < -0.4 is 5.32 Å². The number of nitrogens with zero attached hydrogens (tertiary/aromatic N) is 3. The van der Waals surface area contributed by atoms with Gasteiger partial charge in [-0.15, -0.1) is 10.2 Å². The Kier molecular flexibility index (Phi) is 5.12. The molecule has 0 unspecified atom stereocenters. The van der Waals surface area contributed by atoms with Gasteiger partial charge >= 0.3 is 0 Å². The van der Waals surface area contributed by atoms with Crippen molar-refractivity contribution < 1.29 is 9.18 Å². The number of nitrogens with one attached hydrogen (secondary N) is 1. The van der Waals surface area contributed by atoms with Gasteiger partial charge in [-0.05, 0) is 80.8 Å². The van der Waals surface area contributed by atoms with Crippen LogP contribution in [0.3, 0.4) is 0 Å². The second-order valence-electron chi connectivity index (χ2n) is 9.70. The Morgan fingerprint density at radius 2 is 1.83 bits per heavy atom. The molecule has 1 heterocycles. The van der Waals surface area contributed by atoms with E-state index in [2.05, 4.69) is 22.4 Å². The number of halogens is 1. The topological polar surface area (TPSA) is 59.8 Å². The number of aromatic nitrogens is 3. The van der Waals surface area contributed by atoms with E-state index in [1.165, 1.54) is 56.4 Å². The molecule has 0 spiro atoms. The van der Waals surface area contributed by atoms with Gasteiger partial charge in [-0.1, -0.05) is 23.9 Å². The third-order valence-electron chi connectivity index (χ3n) is 7.66. The summed E-state index contributed by atoms with van der Waals surface area (Å²) in [5.41, 5.74) is 0.719. The molecule has 1 N–H and O–H groups in total. The molecule has 160 valence electrons. The predicted molar refractivity (Wildman–Crippen MR) is 115 cm³/mol. The summed E-state index contributed by atoms with van der Waals surface area (Å²) in [6, 6.07) is 6.75. The first-order chi connectivity index (χ1) is 14.4. The summed E-state index contributed by atoms with van der Waals surface area (Å²) in [7, 11) is 1.81. The molecule has 5 nitrogen and oxygen atoms in total. The molecule has 1 amide bonds. The Balaban J connectivity index is 1.21. The zero-order valence-corrected chi connectivity index (χ0v) is 18.4. The van der Waals surface area contributed by atoms with Crippen LogP contribution >= 0.6 is 11.8 Å². The highest BCUT2D eigenvalue weighted by molar-refractivity contribution is 7.99. The predicted octanol–water partition coefficient (Wildman–Crippen LogP) is 4.43. The standard InChI is InChI=1S/C23H29FN4OS/c1-14(23-10-15-7-16(11-23)9-17(8-15)12-23)25-20(29)13-30-22-27-26-21(28(22)2)18-5-3-4-6-19(18)24/h3-6,14-17H,7-13H2,1-2H3,(H,25,29)/t14-,15?,16?,17?,23?/m0/s1. The van der Waals surface area contributed by atoms with E-state index in [1.807, 2.05) is 0 Å². The summed E-state index contributed by atoms with van der Waals surface area (Å²) < 4.78 is 15.8. The fourth-order valence-corrected chi connectivity index (χ4v) is 7.31. The Hall–Kier alpha value is -1.89. The van der Waals surface area contributed by atoms with E-state index in [4.69, 9.17) is 0 Å². The quantitative estimate of drug-likeness (QED) is 0.692. The van der Waals surface area contributed by atoms with Gasteiger partial charge in [0.2, 0.25) is 5.91 Å². The Morgan fingerprint density at radius 1 is 1.20 bits per heavy atom. The SMILES string of the molecule is C[C@H](NC(=O)CSc1nnc(-c2ccccc2F)n1C)C12CC3CC(CC(C3)C1)C2. The number of rotatable bonds is 6. The van der Waals surface area contributed by atoms with Crippen molar-refractivity contribution in [3.05, 3.63) is 30.1 Å². The number of hydrogen-bond donors (Lipinski definition) is 1. The molecule has 4 fully saturated rings. The van der Waals surface area contributed by atoms with Crippen LogP contribution in [0.1, 0.15) is 45.4 Å². The van der Waals surface area contributed by atoms with E-state index >= 15 is 0 Å². The summed E-state index contributed by atoms with van der Waals surface area (Å²) >= 11 is 1.35. The maximum Gasteiger partial charge on any atom is 0.230 e. The lowest BCUT2D eigenvalue weighted by Crippen LogP contribution is -2.56. The van der Waals surface area contributed by atoms with E-state index in [9.17, 15) is 9.18 Å². The molecule has 1 aromatic carbocycles. The summed E-state index contributed by atoms with van der Waals surface area (Å²) in [4.78, 5) is 12.7. The lowest BCUT2D eigenvalue weighted by Gasteiger charge is -2.59. The minimum atomic E-state index is -0.327. The Labute approximate surface area is 181 Å². The van der Waals surface area contributed by atoms with Crippen molar-refractivity contribution in [2.24, 2.45) is 30.2 Å². The van der Waals surface area contributed by atoms with Crippen LogP contribution in [-0.2, 0) is 11.8 Å². The first-order valence-corrected chi connectivity index (χ1v) is 12.0. The number of benzene rings is 1. The van der Waals surface area contributed by atoms with Gasteiger partial charge in [-0.25, -0.2) is 4.39 Å². The number of amides is 1. The normalized spacial score (nSPS) is 30.4. The molecule has 1 atom stereocenters. The third-order valence-corrected chi connectivity index (χ3v) is 8.68. The van der Waals surface area contributed by atoms with E-state index in [0.29, 0.717) is 27.7 Å². The van der Waals surface area contributed by atoms with Crippen LogP contribution in [0.2, 0.25) is 0 Å². The van der Waals surface area contributed by atoms with Crippen LogP contribution in [0.25, 0.3) is 11.4 Å². The third kappa shape index (κ3) is 3.55. The number of thioether (sulfide) groups is 1. The molecule has 6 rings (SSSR count). The average Bonchev–Trinajstić information content (AvgIpc) is 3.06. The number of carbonyl (C=O) groups excluding carboxylic acids is 1. The van der Waals surface area contributed by atoms with Crippen LogP contribution in [0.5, 0.6) is 0 Å². The molecule has 4 aliphatic carbocycles. The summed E-state index contributed by atoms with van der Waals surface area (Å²) in [6.45, 7) is 2.20. The fraction of sp³-hybridized carbons (Fsp3) is 0.609. The van der Waals surface area contributed by atoms with Crippen molar-refractivity contribution in [3.63, 3.8) is 0 Å². The molecule has 4 bridgehead atoms. The van der Waals surface area contributed by atoms with Gasteiger partial charge in [0.15, 0.2) is 11.0 Å². The number of hydrogen-bond acceptors (Lipinski definition) is 4. The molecular weight excluding hydrogens is 399 g/mol. The minimum absolute atomic E-state index is 0.0405. The molecule has 7 heteroatoms. The highest BCUT2D eigenvalue weighted by Gasteiger charge is 2.53. The van der Waals surface area contributed by atoms with Crippen molar-refractivity contribution in [3.8, 4) is 11.4 Å². The van der Waals surface area contributed by atoms with Gasteiger partial charge in [-0.2, -0.15) is 0 Å². The summed E-state index contributed by atoms with van der Waals surface area (Å²) in [5, 5.41) is 12.2. The number of carbonyl (C=O) groups is 1. The molecule has 0 saturated heterocycles. The van der Waals surface area contributed by atoms with Crippen molar-refractivity contribution >= 4 is 17.7 Å². The maximum atomic E-state index is 14.1. The first kappa shape index (κ1) is 20.0. The van der Waals surface area contributed by atoms with E-state index in [-0.39, 0.29) is 17.8 Å². The molecule has 0 aliphatic heterocycles. The van der Waals surface area contributed by atoms with E-state index in [1.54, 1.807) is 29.8 Å². The zero-order chi connectivity index (χ0) is 20.9.